The van der Waals surface area contributed by atoms with Crippen molar-refractivity contribution in [1.29, 1.82) is 0 Å². The van der Waals surface area contributed by atoms with Crippen LogP contribution in [-0.4, -0.2) is 29.4 Å². The Morgan fingerprint density at radius 3 is 2.62 bits per heavy atom. The Morgan fingerprint density at radius 2 is 1.90 bits per heavy atom. The molecule has 1 saturated carbocycles. The quantitative estimate of drug-likeness (QED) is 0.928. The van der Waals surface area contributed by atoms with Crippen molar-refractivity contribution < 1.29 is 4.79 Å². The van der Waals surface area contributed by atoms with Crippen molar-refractivity contribution in [3.63, 3.8) is 0 Å². The molecule has 2 aliphatic rings. The maximum Gasteiger partial charge on any atom is 0.254 e. The molecule has 0 atom stereocenters. The Labute approximate surface area is 127 Å². The maximum absolute atomic E-state index is 12.9. The monoisotopic (exact) mass is 286 g/mol. The van der Waals surface area contributed by atoms with Crippen molar-refractivity contribution in [2.24, 2.45) is 5.73 Å². The van der Waals surface area contributed by atoms with Crippen molar-refractivity contribution in [2.75, 3.05) is 6.54 Å². The minimum Gasteiger partial charge on any atom is -0.336 e. The molecule has 0 aromatic heterocycles. The van der Waals surface area contributed by atoms with E-state index in [9.17, 15) is 4.79 Å². The molecule has 21 heavy (non-hydrogen) atoms. The van der Waals surface area contributed by atoms with Crippen LogP contribution in [0.2, 0.25) is 0 Å². The number of amides is 1. The number of fused-ring (bicyclic) bond motifs is 1. The lowest BCUT2D eigenvalue weighted by Crippen LogP contribution is -2.44. The molecule has 114 valence electrons. The summed E-state index contributed by atoms with van der Waals surface area (Å²) in [5.41, 5.74) is 9.66. The third-order valence-corrected chi connectivity index (χ3v) is 5.13. The Kier molecular flexibility index (Phi) is 4.29. The van der Waals surface area contributed by atoms with Gasteiger partial charge in [0, 0.05) is 24.2 Å². The van der Waals surface area contributed by atoms with Crippen LogP contribution in [0.15, 0.2) is 18.2 Å². The second-order valence-electron chi connectivity index (χ2n) is 6.50. The topological polar surface area (TPSA) is 46.3 Å². The molecule has 1 aromatic carbocycles. The highest BCUT2D eigenvalue weighted by Gasteiger charge is 2.27. The number of nitrogens with two attached hydrogens (primary N) is 1. The Bertz CT molecular complexity index is 518. The normalized spacial score (nSPS) is 24.7. The largest absolute Gasteiger partial charge is 0.336 e. The van der Waals surface area contributed by atoms with Crippen LogP contribution in [0.3, 0.4) is 0 Å². The number of carbonyl (C=O) groups excluding carboxylic acids is 1. The van der Waals surface area contributed by atoms with Crippen LogP contribution >= 0.6 is 0 Å². The highest BCUT2D eigenvalue weighted by molar-refractivity contribution is 5.94. The molecule has 0 spiro atoms. The van der Waals surface area contributed by atoms with Gasteiger partial charge in [-0.1, -0.05) is 6.07 Å². The first-order chi connectivity index (χ1) is 10.2. The first kappa shape index (κ1) is 14.6. The lowest BCUT2D eigenvalue weighted by atomic mass is 9.90. The van der Waals surface area contributed by atoms with Crippen LogP contribution in [0, 0.1) is 0 Å². The second kappa shape index (κ2) is 6.18. The molecule has 0 saturated heterocycles. The number of hydrogen-bond acceptors (Lipinski definition) is 2. The molecule has 3 rings (SSSR count). The Hall–Kier alpha value is -1.35. The van der Waals surface area contributed by atoms with Gasteiger partial charge in [-0.2, -0.15) is 0 Å². The number of carbonyl (C=O) groups is 1. The van der Waals surface area contributed by atoms with Gasteiger partial charge < -0.3 is 10.6 Å². The summed E-state index contributed by atoms with van der Waals surface area (Å²) in [6.07, 6.45) is 7.70. The fourth-order valence-electron chi connectivity index (χ4n) is 3.85. The summed E-state index contributed by atoms with van der Waals surface area (Å²) in [6.45, 7) is 2.87. The average molecular weight is 286 g/mol. The van der Waals surface area contributed by atoms with Gasteiger partial charge in [-0.15, -0.1) is 0 Å². The van der Waals surface area contributed by atoms with E-state index in [2.05, 4.69) is 24.0 Å². The molecule has 0 radical (unpaired) electrons. The molecule has 2 N–H and O–H groups in total. The average Bonchev–Trinajstić information content (AvgIpc) is 2.97. The van der Waals surface area contributed by atoms with Gasteiger partial charge in [0.15, 0.2) is 0 Å². The summed E-state index contributed by atoms with van der Waals surface area (Å²) in [6, 6.07) is 7.00. The van der Waals surface area contributed by atoms with Gasteiger partial charge in [0.25, 0.3) is 5.91 Å². The first-order valence-corrected chi connectivity index (χ1v) is 8.37. The Balaban J connectivity index is 1.76. The molecule has 3 heteroatoms. The zero-order valence-electron chi connectivity index (χ0n) is 13.0. The van der Waals surface area contributed by atoms with Gasteiger partial charge in [0.2, 0.25) is 0 Å². The molecular weight excluding hydrogens is 260 g/mol. The molecule has 1 aromatic rings. The summed E-state index contributed by atoms with van der Waals surface area (Å²) >= 11 is 0. The zero-order valence-corrected chi connectivity index (χ0v) is 13.0. The number of nitrogens with zero attached hydrogens (tertiary/aromatic N) is 1. The van der Waals surface area contributed by atoms with E-state index in [0.717, 1.165) is 44.2 Å². The van der Waals surface area contributed by atoms with Crippen molar-refractivity contribution in [2.45, 2.75) is 64.0 Å². The third kappa shape index (κ3) is 2.98. The molecule has 3 nitrogen and oxygen atoms in total. The minimum atomic E-state index is 0.202. The van der Waals surface area contributed by atoms with Gasteiger partial charge in [0.05, 0.1) is 0 Å². The van der Waals surface area contributed by atoms with E-state index >= 15 is 0 Å². The van der Waals surface area contributed by atoms with Crippen molar-refractivity contribution >= 4 is 5.91 Å². The third-order valence-electron chi connectivity index (χ3n) is 5.13. The summed E-state index contributed by atoms with van der Waals surface area (Å²) in [5.74, 6) is 0.202. The molecule has 1 amide bonds. The summed E-state index contributed by atoms with van der Waals surface area (Å²) in [7, 11) is 0. The predicted molar refractivity (Wildman–Crippen MR) is 85.4 cm³/mol. The lowest BCUT2D eigenvalue weighted by molar-refractivity contribution is 0.0640. The molecule has 0 aliphatic heterocycles. The van der Waals surface area contributed by atoms with Gasteiger partial charge in [-0.25, -0.2) is 0 Å². The van der Waals surface area contributed by atoms with Crippen LogP contribution in [0.25, 0.3) is 0 Å². The molecule has 2 aliphatic carbocycles. The van der Waals surface area contributed by atoms with Crippen molar-refractivity contribution in [3.05, 3.63) is 34.9 Å². The van der Waals surface area contributed by atoms with Gasteiger partial charge in [-0.05, 0) is 75.1 Å². The lowest BCUT2D eigenvalue weighted by Gasteiger charge is -2.35. The highest BCUT2D eigenvalue weighted by Crippen LogP contribution is 2.26. The fraction of sp³-hybridized carbons (Fsp3) is 0.611. The molecule has 1 fully saturated rings. The number of benzene rings is 1. The number of rotatable bonds is 3. The van der Waals surface area contributed by atoms with Crippen LogP contribution < -0.4 is 5.73 Å². The van der Waals surface area contributed by atoms with E-state index in [1.807, 2.05) is 6.07 Å². The standard InChI is InChI=1S/C18H26N2O/c1-2-20(17-10-8-16(19)9-11-17)18(21)15-7-6-13-4-3-5-14(13)12-15/h6-7,12,16-17H,2-5,8-11,19H2,1H3. The van der Waals surface area contributed by atoms with E-state index in [-0.39, 0.29) is 5.91 Å². The van der Waals surface area contributed by atoms with Crippen LogP contribution in [0.4, 0.5) is 0 Å². The highest BCUT2D eigenvalue weighted by atomic mass is 16.2. The van der Waals surface area contributed by atoms with Gasteiger partial charge in [-0.3, -0.25) is 4.79 Å². The maximum atomic E-state index is 12.9. The van der Waals surface area contributed by atoms with E-state index in [0.29, 0.717) is 12.1 Å². The fourth-order valence-corrected chi connectivity index (χ4v) is 3.85. The zero-order chi connectivity index (χ0) is 14.8. The summed E-state index contributed by atoms with van der Waals surface area (Å²) < 4.78 is 0. The van der Waals surface area contributed by atoms with Gasteiger partial charge >= 0.3 is 0 Å². The first-order valence-electron chi connectivity index (χ1n) is 8.37. The van der Waals surface area contributed by atoms with Crippen molar-refractivity contribution in [1.82, 2.24) is 4.90 Å². The summed E-state index contributed by atoms with van der Waals surface area (Å²) in [5, 5.41) is 0. The number of hydrogen-bond donors (Lipinski definition) is 1. The molecule has 0 heterocycles. The van der Waals surface area contributed by atoms with Crippen LogP contribution in [0.1, 0.15) is 60.5 Å². The predicted octanol–water partition coefficient (Wildman–Crippen LogP) is 2.91. The SMILES string of the molecule is CCN(C(=O)c1ccc2c(c1)CCC2)C1CCC(N)CC1. The van der Waals surface area contributed by atoms with E-state index < -0.39 is 0 Å². The minimum absolute atomic E-state index is 0.202. The van der Waals surface area contributed by atoms with E-state index in [1.165, 1.54) is 24.0 Å². The van der Waals surface area contributed by atoms with Crippen LogP contribution in [-0.2, 0) is 12.8 Å². The summed E-state index contributed by atoms with van der Waals surface area (Å²) in [4.78, 5) is 14.9. The van der Waals surface area contributed by atoms with Crippen molar-refractivity contribution in [3.8, 4) is 0 Å². The molecule has 0 unspecified atom stereocenters. The molecular formula is C18H26N2O. The van der Waals surface area contributed by atoms with E-state index in [1.54, 1.807) is 0 Å². The Morgan fingerprint density at radius 1 is 1.19 bits per heavy atom. The second-order valence-corrected chi connectivity index (χ2v) is 6.50. The molecule has 0 bridgehead atoms. The smallest absolute Gasteiger partial charge is 0.254 e. The van der Waals surface area contributed by atoms with E-state index in [4.69, 9.17) is 5.73 Å². The van der Waals surface area contributed by atoms with Crippen LogP contribution in [0.5, 0.6) is 0 Å². The number of aryl methyl sites for hydroxylation is 2. The van der Waals surface area contributed by atoms with Gasteiger partial charge in [0.1, 0.15) is 0 Å².